The zero-order valence-corrected chi connectivity index (χ0v) is 16.8. The highest BCUT2D eigenvalue weighted by molar-refractivity contribution is 6.30. The molecule has 1 aliphatic rings. The molecule has 1 aromatic heterocycles. The Hall–Kier alpha value is -3.25. The number of nitrogens with one attached hydrogen (secondary N) is 1. The highest BCUT2D eigenvalue weighted by Gasteiger charge is 2.37. The predicted molar refractivity (Wildman–Crippen MR) is 115 cm³/mol. The van der Waals surface area contributed by atoms with Crippen LogP contribution in [0.1, 0.15) is 29.6 Å². The zero-order valence-electron chi connectivity index (χ0n) is 16.1. The molecule has 0 bridgehead atoms. The molecule has 2 atom stereocenters. The van der Waals surface area contributed by atoms with Crippen molar-refractivity contribution in [3.05, 3.63) is 71.5 Å². The van der Waals surface area contributed by atoms with Crippen LogP contribution in [-0.2, 0) is 4.79 Å². The number of nitrogens with zero attached hydrogens (tertiary/aromatic N) is 2. The van der Waals surface area contributed by atoms with E-state index in [1.807, 2.05) is 24.3 Å². The Balaban J connectivity index is 1.46. The quantitative estimate of drug-likeness (QED) is 0.530. The Labute approximate surface area is 179 Å². The maximum absolute atomic E-state index is 12.7. The van der Waals surface area contributed by atoms with Gasteiger partial charge in [0.05, 0.1) is 5.92 Å². The lowest BCUT2D eigenvalue weighted by molar-refractivity contribution is -0.142. The average molecular weight is 422 g/mol. The molecule has 1 aliphatic carbocycles. The summed E-state index contributed by atoms with van der Waals surface area (Å²) in [6.07, 6.45) is 5.38. The SMILES string of the molecule is O=C(O)[C@H]1CCC[C@@H]1C(=O)c1ccc(-c2cnc(Nc3cccc(Cl)c3)nc2)cc1. The Morgan fingerprint density at radius 3 is 2.33 bits per heavy atom. The van der Waals surface area contributed by atoms with Gasteiger partial charge < -0.3 is 10.4 Å². The number of hydrogen-bond donors (Lipinski definition) is 2. The molecule has 0 amide bonds. The first kappa shape index (κ1) is 20.0. The number of carbonyl (C=O) groups excluding carboxylic acids is 1. The summed E-state index contributed by atoms with van der Waals surface area (Å²) in [5.74, 6) is -1.54. The van der Waals surface area contributed by atoms with Gasteiger partial charge in [-0.3, -0.25) is 9.59 Å². The summed E-state index contributed by atoms with van der Waals surface area (Å²) < 4.78 is 0. The third-order valence-corrected chi connectivity index (χ3v) is 5.64. The highest BCUT2D eigenvalue weighted by Crippen LogP contribution is 2.34. The van der Waals surface area contributed by atoms with E-state index in [4.69, 9.17) is 11.6 Å². The third kappa shape index (κ3) is 4.33. The summed E-state index contributed by atoms with van der Waals surface area (Å²) in [6, 6.07) is 14.4. The molecule has 0 radical (unpaired) electrons. The van der Waals surface area contributed by atoms with Crippen molar-refractivity contribution in [1.82, 2.24) is 9.97 Å². The zero-order chi connectivity index (χ0) is 21.1. The van der Waals surface area contributed by atoms with Crippen LogP contribution < -0.4 is 5.32 Å². The van der Waals surface area contributed by atoms with Gasteiger partial charge in [-0.1, -0.05) is 48.4 Å². The van der Waals surface area contributed by atoms with E-state index in [0.29, 0.717) is 29.4 Å². The van der Waals surface area contributed by atoms with Crippen LogP contribution in [0.4, 0.5) is 11.6 Å². The summed E-state index contributed by atoms with van der Waals surface area (Å²) in [5, 5.41) is 13.0. The van der Waals surface area contributed by atoms with Gasteiger partial charge in [0.1, 0.15) is 0 Å². The minimum atomic E-state index is -0.883. The van der Waals surface area contributed by atoms with Crippen LogP contribution in [0.25, 0.3) is 11.1 Å². The molecule has 0 unspecified atom stereocenters. The molecular weight excluding hydrogens is 402 g/mol. The van der Waals surface area contributed by atoms with E-state index >= 15 is 0 Å². The second kappa shape index (κ2) is 8.63. The van der Waals surface area contributed by atoms with Crippen molar-refractivity contribution < 1.29 is 14.7 Å². The van der Waals surface area contributed by atoms with Gasteiger partial charge in [0.15, 0.2) is 5.78 Å². The Kier molecular flexibility index (Phi) is 5.77. The fourth-order valence-electron chi connectivity index (χ4n) is 3.85. The molecule has 1 saturated carbocycles. The van der Waals surface area contributed by atoms with Gasteiger partial charge in [-0.15, -0.1) is 0 Å². The van der Waals surface area contributed by atoms with E-state index in [0.717, 1.165) is 23.2 Å². The maximum atomic E-state index is 12.7. The number of hydrogen-bond acceptors (Lipinski definition) is 5. The minimum absolute atomic E-state index is 0.0937. The Morgan fingerprint density at radius 2 is 1.67 bits per heavy atom. The van der Waals surface area contributed by atoms with Gasteiger partial charge >= 0.3 is 5.97 Å². The molecule has 2 aromatic carbocycles. The normalized spacial score (nSPS) is 18.2. The van der Waals surface area contributed by atoms with E-state index in [9.17, 15) is 14.7 Å². The van der Waals surface area contributed by atoms with Gasteiger partial charge in [-0.25, -0.2) is 9.97 Å². The van der Waals surface area contributed by atoms with Gasteiger partial charge in [0.2, 0.25) is 5.95 Å². The van der Waals surface area contributed by atoms with Crippen molar-refractivity contribution >= 4 is 35.0 Å². The number of aromatic nitrogens is 2. The molecule has 4 rings (SSSR count). The van der Waals surface area contributed by atoms with E-state index in [1.54, 1.807) is 36.7 Å². The maximum Gasteiger partial charge on any atom is 0.307 e. The minimum Gasteiger partial charge on any atom is -0.481 e. The third-order valence-electron chi connectivity index (χ3n) is 5.41. The summed E-state index contributed by atoms with van der Waals surface area (Å²) in [4.78, 5) is 32.8. The summed E-state index contributed by atoms with van der Waals surface area (Å²) in [5.41, 5.74) is 3.03. The summed E-state index contributed by atoms with van der Waals surface area (Å²) >= 11 is 5.98. The number of carboxylic acids is 1. The Morgan fingerprint density at radius 1 is 0.967 bits per heavy atom. The number of ketones is 1. The fraction of sp³-hybridized carbons (Fsp3) is 0.217. The van der Waals surface area contributed by atoms with E-state index in [-0.39, 0.29) is 5.78 Å². The van der Waals surface area contributed by atoms with Crippen molar-refractivity contribution in [3.8, 4) is 11.1 Å². The van der Waals surface area contributed by atoms with Gasteiger partial charge in [0, 0.05) is 40.1 Å². The molecule has 6 nitrogen and oxygen atoms in total. The molecule has 152 valence electrons. The topological polar surface area (TPSA) is 92.2 Å². The number of Topliss-reactive ketones (excluding diaryl/α,β-unsaturated/α-hetero) is 1. The molecule has 0 saturated heterocycles. The van der Waals surface area contributed by atoms with Crippen LogP contribution in [0.2, 0.25) is 5.02 Å². The van der Waals surface area contributed by atoms with E-state index in [1.165, 1.54) is 0 Å². The molecule has 1 fully saturated rings. The molecule has 7 heteroatoms. The number of aliphatic carboxylic acids is 1. The molecule has 0 aliphatic heterocycles. The second-order valence-electron chi connectivity index (χ2n) is 7.35. The first-order chi connectivity index (χ1) is 14.5. The largest absolute Gasteiger partial charge is 0.481 e. The standard InChI is InChI=1S/C23H20ClN3O3/c24-17-3-1-4-18(11-17)27-23-25-12-16(13-26-23)14-7-9-15(10-8-14)21(28)19-5-2-6-20(19)22(29)30/h1,3-4,7-13,19-20H,2,5-6H2,(H,29,30)(H,25,26,27)/t19-,20-/m0/s1. The van der Waals surface area contributed by atoms with E-state index in [2.05, 4.69) is 15.3 Å². The highest BCUT2D eigenvalue weighted by atomic mass is 35.5. The van der Waals surface area contributed by atoms with Gasteiger partial charge in [0.25, 0.3) is 0 Å². The predicted octanol–water partition coefficient (Wildman–Crippen LogP) is 5.22. The van der Waals surface area contributed by atoms with Crippen LogP contribution in [0.15, 0.2) is 60.9 Å². The van der Waals surface area contributed by atoms with Crippen molar-refractivity contribution in [1.29, 1.82) is 0 Å². The van der Waals surface area contributed by atoms with Gasteiger partial charge in [-0.2, -0.15) is 0 Å². The van der Waals surface area contributed by atoms with Crippen molar-refractivity contribution in [2.24, 2.45) is 11.8 Å². The molecular formula is C23H20ClN3O3. The summed E-state index contributed by atoms with van der Waals surface area (Å²) in [7, 11) is 0. The molecule has 0 spiro atoms. The lowest BCUT2D eigenvalue weighted by Gasteiger charge is -2.14. The monoisotopic (exact) mass is 421 g/mol. The lowest BCUT2D eigenvalue weighted by Crippen LogP contribution is -2.25. The molecule has 3 aromatic rings. The first-order valence-electron chi connectivity index (χ1n) is 9.73. The van der Waals surface area contributed by atoms with Crippen molar-refractivity contribution in [2.45, 2.75) is 19.3 Å². The second-order valence-corrected chi connectivity index (χ2v) is 7.79. The number of carboxylic acid groups (broad SMARTS) is 1. The molecule has 2 N–H and O–H groups in total. The van der Waals surface area contributed by atoms with Crippen LogP contribution in [0, 0.1) is 11.8 Å². The Bertz CT molecular complexity index is 1070. The summed E-state index contributed by atoms with van der Waals surface area (Å²) in [6.45, 7) is 0. The van der Waals surface area contributed by atoms with Crippen molar-refractivity contribution in [2.75, 3.05) is 5.32 Å². The number of halogens is 1. The number of benzene rings is 2. The smallest absolute Gasteiger partial charge is 0.307 e. The average Bonchev–Trinajstić information content (AvgIpc) is 3.24. The number of rotatable bonds is 6. The van der Waals surface area contributed by atoms with Gasteiger partial charge in [-0.05, 0) is 36.6 Å². The van der Waals surface area contributed by atoms with Crippen molar-refractivity contribution in [3.63, 3.8) is 0 Å². The first-order valence-corrected chi connectivity index (χ1v) is 10.1. The molecule has 30 heavy (non-hydrogen) atoms. The lowest BCUT2D eigenvalue weighted by atomic mass is 9.88. The number of anilines is 2. The van der Waals surface area contributed by atoms with Crippen LogP contribution in [-0.4, -0.2) is 26.8 Å². The van der Waals surface area contributed by atoms with E-state index < -0.39 is 17.8 Å². The van der Waals surface area contributed by atoms with Crippen LogP contribution >= 0.6 is 11.6 Å². The fourth-order valence-corrected chi connectivity index (χ4v) is 4.04. The van der Waals surface area contributed by atoms with Crippen LogP contribution in [0.5, 0.6) is 0 Å². The molecule has 1 heterocycles. The van der Waals surface area contributed by atoms with Crippen LogP contribution in [0.3, 0.4) is 0 Å². The number of carbonyl (C=O) groups is 2.